The monoisotopic (exact) mass is 383 g/mol. The van der Waals surface area contributed by atoms with Crippen LogP contribution in [0.15, 0.2) is 11.1 Å². The van der Waals surface area contributed by atoms with Crippen LogP contribution in [0.5, 0.6) is 0 Å². The summed E-state index contributed by atoms with van der Waals surface area (Å²) in [4.78, 5) is 40.1. The van der Waals surface area contributed by atoms with Crippen molar-refractivity contribution in [2.45, 2.75) is 64.2 Å². The Hall–Kier alpha value is -2.44. The zero-order chi connectivity index (χ0) is 20.3. The maximum absolute atomic E-state index is 13.2. The molecule has 4 rings (SSSR count). The van der Waals surface area contributed by atoms with Gasteiger partial charge in [0.15, 0.2) is 0 Å². The first kappa shape index (κ1) is 18.9. The first-order valence-electron chi connectivity index (χ1n) is 10.0. The van der Waals surface area contributed by atoms with Crippen molar-refractivity contribution in [2.24, 2.45) is 7.05 Å². The van der Waals surface area contributed by atoms with E-state index in [4.69, 9.17) is 4.98 Å². The average molecular weight is 383 g/mol. The van der Waals surface area contributed by atoms with Gasteiger partial charge in [-0.2, -0.15) is 0 Å². The van der Waals surface area contributed by atoms with Gasteiger partial charge in [0, 0.05) is 36.5 Å². The molecule has 3 heterocycles. The van der Waals surface area contributed by atoms with Gasteiger partial charge < -0.3 is 14.5 Å². The number of carbonyl (C=O) groups is 1. The van der Waals surface area contributed by atoms with Gasteiger partial charge in [0.1, 0.15) is 11.5 Å². The van der Waals surface area contributed by atoms with E-state index in [0.717, 1.165) is 55.0 Å². The Balaban J connectivity index is 1.72. The molecule has 150 valence electrons. The number of aryl methyl sites for hydroxylation is 2. The van der Waals surface area contributed by atoms with Crippen LogP contribution in [0.3, 0.4) is 0 Å². The van der Waals surface area contributed by atoms with Crippen LogP contribution in [-0.2, 0) is 24.3 Å². The molecule has 1 aliphatic heterocycles. The Morgan fingerprint density at radius 2 is 2.04 bits per heavy atom. The molecule has 1 aliphatic carbocycles. The minimum atomic E-state index is -0.228. The smallest absolute Gasteiger partial charge is 0.272 e. The fraction of sp³-hybridized carbons (Fsp3) is 0.619. The Labute approximate surface area is 165 Å². The van der Waals surface area contributed by atoms with E-state index in [2.05, 4.69) is 30.7 Å². The van der Waals surface area contributed by atoms with Crippen molar-refractivity contribution >= 4 is 5.91 Å². The lowest BCUT2D eigenvalue weighted by Crippen LogP contribution is -2.48. The topological polar surface area (TPSA) is 83.9 Å². The summed E-state index contributed by atoms with van der Waals surface area (Å²) in [6, 6.07) is 0. The minimum absolute atomic E-state index is 0.0160. The van der Waals surface area contributed by atoms with Gasteiger partial charge in [-0.1, -0.05) is 20.8 Å². The van der Waals surface area contributed by atoms with Gasteiger partial charge in [-0.05, 0) is 32.6 Å². The third-order valence-corrected chi connectivity index (χ3v) is 6.27. The molecule has 0 bridgehead atoms. The second-order valence-corrected chi connectivity index (χ2v) is 9.39. The number of nitrogens with zero attached hydrogens (tertiary/aromatic N) is 4. The lowest BCUT2D eigenvalue weighted by Gasteiger charge is -2.40. The maximum Gasteiger partial charge on any atom is 0.272 e. The molecule has 7 nitrogen and oxygen atoms in total. The van der Waals surface area contributed by atoms with Crippen LogP contribution in [-0.4, -0.2) is 43.4 Å². The van der Waals surface area contributed by atoms with Crippen LogP contribution < -0.4 is 5.56 Å². The van der Waals surface area contributed by atoms with Crippen molar-refractivity contribution in [2.75, 3.05) is 13.1 Å². The second kappa shape index (κ2) is 6.29. The molecule has 1 N–H and O–H groups in total. The van der Waals surface area contributed by atoms with Crippen molar-refractivity contribution < 1.29 is 4.79 Å². The zero-order valence-electron chi connectivity index (χ0n) is 17.4. The fourth-order valence-corrected chi connectivity index (χ4v) is 4.71. The van der Waals surface area contributed by atoms with Gasteiger partial charge in [-0.3, -0.25) is 9.59 Å². The summed E-state index contributed by atoms with van der Waals surface area (Å²) in [5.41, 5.74) is 2.66. The molecule has 2 aromatic heterocycles. The number of aromatic nitrogens is 4. The van der Waals surface area contributed by atoms with E-state index in [1.165, 1.54) is 0 Å². The fourth-order valence-electron chi connectivity index (χ4n) is 4.71. The maximum atomic E-state index is 13.2. The molecule has 1 saturated heterocycles. The number of imidazole rings is 1. The number of piperidine rings is 1. The van der Waals surface area contributed by atoms with Crippen LogP contribution in [0.25, 0.3) is 0 Å². The lowest BCUT2D eigenvalue weighted by atomic mass is 9.77. The molecule has 1 atom stereocenters. The number of fused-ring (bicyclic) bond motifs is 2. The molecule has 1 amide bonds. The molecule has 2 aliphatic rings. The molecule has 2 aromatic rings. The van der Waals surface area contributed by atoms with Crippen LogP contribution in [0, 0.1) is 6.92 Å². The summed E-state index contributed by atoms with van der Waals surface area (Å²) in [5.74, 6) is 0.745. The van der Waals surface area contributed by atoms with Gasteiger partial charge in [-0.15, -0.1) is 0 Å². The Morgan fingerprint density at radius 3 is 2.68 bits per heavy atom. The predicted octanol–water partition coefficient (Wildman–Crippen LogP) is 2.23. The summed E-state index contributed by atoms with van der Waals surface area (Å²) in [6.07, 6.45) is 5.18. The van der Waals surface area contributed by atoms with E-state index in [1.807, 2.05) is 18.9 Å². The van der Waals surface area contributed by atoms with E-state index in [-0.39, 0.29) is 22.3 Å². The number of hydrogen-bond acceptors (Lipinski definition) is 4. The molecule has 28 heavy (non-hydrogen) atoms. The highest BCUT2D eigenvalue weighted by atomic mass is 16.2. The quantitative estimate of drug-likeness (QED) is 0.818. The third-order valence-electron chi connectivity index (χ3n) is 6.27. The zero-order valence-corrected chi connectivity index (χ0v) is 17.4. The summed E-state index contributed by atoms with van der Waals surface area (Å²) >= 11 is 0. The van der Waals surface area contributed by atoms with Gasteiger partial charge >= 0.3 is 0 Å². The van der Waals surface area contributed by atoms with Crippen LogP contribution in [0.4, 0.5) is 0 Å². The average Bonchev–Trinajstić information content (AvgIpc) is 3.15. The summed E-state index contributed by atoms with van der Waals surface area (Å²) in [7, 11) is 1.86. The molecule has 0 aromatic carbocycles. The molecule has 0 saturated carbocycles. The molecular formula is C21H29N5O2. The van der Waals surface area contributed by atoms with E-state index < -0.39 is 0 Å². The van der Waals surface area contributed by atoms with Crippen molar-refractivity contribution in [3.63, 3.8) is 0 Å². The van der Waals surface area contributed by atoms with Crippen LogP contribution >= 0.6 is 0 Å². The highest BCUT2D eigenvalue weighted by Gasteiger charge is 2.46. The molecule has 0 radical (unpaired) electrons. The first-order valence-corrected chi connectivity index (χ1v) is 10.0. The molecule has 1 fully saturated rings. The predicted molar refractivity (Wildman–Crippen MR) is 107 cm³/mol. The summed E-state index contributed by atoms with van der Waals surface area (Å²) in [6.45, 7) is 9.39. The number of rotatable bonds is 1. The lowest BCUT2D eigenvalue weighted by molar-refractivity contribution is 0.0622. The van der Waals surface area contributed by atoms with Crippen molar-refractivity contribution in [3.05, 3.63) is 45.2 Å². The number of amides is 1. The third kappa shape index (κ3) is 2.88. The van der Waals surface area contributed by atoms with E-state index >= 15 is 0 Å². The summed E-state index contributed by atoms with van der Waals surface area (Å²) in [5, 5.41) is 0. The Bertz CT molecular complexity index is 978. The number of nitrogens with one attached hydrogen (secondary N) is 1. The van der Waals surface area contributed by atoms with Gasteiger partial charge in [0.05, 0.1) is 17.7 Å². The minimum Gasteiger partial charge on any atom is -0.336 e. The van der Waals surface area contributed by atoms with Crippen molar-refractivity contribution in [1.82, 2.24) is 24.4 Å². The Morgan fingerprint density at radius 1 is 1.29 bits per heavy atom. The number of H-pyrrole nitrogens is 1. The van der Waals surface area contributed by atoms with E-state index in [9.17, 15) is 9.59 Å². The normalized spacial score (nSPS) is 22.0. The van der Waals surface area contributed by atoms with Crippen LogP contribution in [0.1, 0.15) is 73.3 Å². The molecule has 7 heteroatoms. The Kier molecular flexibility index (Phi) is 4.25. The van der Waals surface area contributed by atoms with Crippen molar-refractivity contribution in [3.8, 4) is 0 Å². The van der Waals surface area contributed by atoms with Gasteiger partial charge in [0.2, 0.25) is 0 Å². The van der Waals surface area contributed by atoms with E-state index in [0.29, 0.717) is 12.2 Å². The largest absolute Gasteiger partial charge is 0.336 e. The standard InChI is InChI=1S/C21H29N5O2/c1-13-15(25(5)12-22-13)18(28)26-10-6-8-21(11-26)9-7-14-16(21)23-19(20(2,3)4)24-17(14)27/h12H,6-11H2,1-5H3,(H,23,24,27). The highest BCUT2D eigenvalue weighted by molar-refractivity contribution is 5.93. The SMILES string of the molecule is Cc1ncn(C)c1C(=O)N1CCCC2(CCc3c2nc(C(C)(C)C)[nH]c3=O)C1. The number of hydrogen-bond donors (Lipinski definition) is 1. The first-order chi connectivity index (χ1) is 13.1. The number of likely N-dealkylation sites (tertiary alicyclic amines) is 1. The highest BCUT2D eigenvalue weighted by Crippen LogP contribution is 2.43. The molecule has 1 unspecified atom stereocenters. The summed E-state index contributed by atoms with van der Waals surface area (Å²) < 4.78 is 1.79. The van der Waals surface area contributed by atoms with Gasteiger partial charge in [0.25, 0.3) is 11.5 Å². The second-order valence-electron chi connectivity index (χ2n) is 9.39. The number of carbonyl (C=O) groups excluding carboxylic acids is 1. The molecular weight excluding hydrogens is 354 g/mol. The van der Waals surface area contributed by atoms with Crippen molar-refractivity contribution in [1.29, 1.82) is 0 Å². The van der Waals surface area contributed by atoms with Gasteiger partial charge in [-0.25, -0.2) is 9.97 Å². The van der Waals surface area contributed by atoms with E-state index in [1.54, 1.807) is 10.9 Å². The molecule has 1 spiro atoms. The number of aromatic amines is 1. The van der Waals surface area contributed by atoms with Crippen LogP contribution in [0.2, 0.25) is 0 Å².